The molecule has 1 heterocycles. The van der Waals surface area contributed by atoms with Crippen LogP contribution in [0.2, 0.25) is 0 Å². The van der Waals surface area contributed by atoms with Gasteiger partial charge in [-0.3, -0.25) is 0 Å². The minimum atomic E-state index is -1.06. The van der Waals surface area contributed by atoms with E-state index in [-0.39, 0.29) is 13.0 Å². The molecule has 3 N–H and O–H groups in total. The first kappa shape index (κ1) is 13.9. The molecule has 2 rings (SSSR count). The van der Waals surface area contributed by atoms with Crippen LogP contribution in [0.4, 0.5) is 4.79 Å². The van der Waals surface area contributed by atoms with Crippen LogP contribution in [0.25, 0.3) is 0 Å². The Hall–Kier alpha value is -1.56. The molecule has 106 valence electrons. The van der Waals surface area contributed by atoms with Crippen molar-refractivity contribution in [2.75, 3.05) is 13.1 Å². The molecule has 0 radical (unpaired) electrons. The number of carboxylic acid groups (broad SMARTS) is 1. The third-order valence-corrected chi connectivity index (χ3v) is 3.74. The maximum atomic E-state index is 12.0. The van der Waals surface area contributed by atoms with Crippen molar-refractivity contribution in [3.05, 3.63) is 12.2 Å². The van der Waals surface area contributed by atoms with Crippen molar-refractivity contribution in [3.8, 4) is 0 Å². The number of allylic oxidation sites excluding steroid dienone is 2. The van der Waals surface area contributed by atoms with Crippen LogP contribution in [0.15, 0.2) is 12.2 Å². The zero-order valence-corrected chi connectivity index (χ0v) is 10.8. The first-order valence-corrected chi connectivity index (χ1v) is 6.68. The topological polar surface area (TPSA) is 89.9 Å². The summed E-state index contributed by atoms with van der Waals surface area (Å²) in [5.74, 6) is -0.642. The minimum absolute atomic E-state index is 0.0906. The summed E-state index contributed by atoms with van der Waals surface area (Å²) in [6.07, 6.45) is 6.63. The molecular formula is C13H20N2O4. The highest BCUT2D eigenvalue weighted by molar-refractivity contribution is 5.83. The highest BCUT2D eigenvalue weighted by atomic mass is 16.4. The minimum Gasteiger partial charge on any atom is -0.480 e. The van der Waals surface area contributed by atoms with Gasteiger partial charge in [-0.1, -0.05) is 12.2 Å². The second kappa shape index (κ2) is 6.06. The number of aliphatic hydroxyl groups is 1. The van der Waals surface area contributed by atoms with Gasteiger partial charge in [-0.25, -0.2) is 9.59 Å². The van der Waals surface area contributed by atoms with Crippen LogP contribution in [-0.4, -0.2) is 52.3 Å². The van der Waals surface area contributed by atoms with Crippen LogP contribution in [-0.2, 0) is 4.79 Å². The summed E-state index contributed by atoms with van der Waals surface area (Å²) >= 11 is 0. The molecule has 0 aromatic rings. The van der Waals surface area contributed by atoms with Crippen molar-refractivity contribution in [1.29, 1.82) is 0 Å². The Morgan fingerprint density at radius 1 is 1.37 bits per heavy atom. The second-order valence-corrected chi connectivity index (χ2v) is 5.23. The summed E-state index contributed by atoms with van der Waals surface area (Å²) in [5, 5.41) is 21.3. The van der Waals surface area contributed by atoms with Gasteiger partial charge in [-0.15, -0.1) is 0 Å². The van der Waals surface area contributed by atoms with Crippen molar-refractivity contribution in [2.24, 2.45) is 5.92 Å². The standard InChI is InChI=1S/C13H20N2O4/c16-10-6-11(12(17)18)15(8-10)13(19)14-7-9-4-2-1-3-5-9/h1-2,9-11,16H,3-8H2,(H,14,19)(H,17,18)/t9?,10?,11-/m0/s1. The normalized spacial score (nSPS) is 30.4. The molecule has 6 nitrogen and oxygen atoms in total. The molecule has 3 atom stereocenters. The number of aliphatic carboxylic acids is 1. The number of β-amino-alcohol motifs (C(OH)–C–C–N with tert-alkyl or cyclic N) is 1. The van der Waals surface area contributed by atoms with E-state index in [1.807, 2.05) is 0 Å². The maximum absolute atomic E-state index is 12.0. The van der Waals surface area contributed by atoms with Crippen molar-refractivity contribution < 1.29 is 19.8 Å². The average Bonchev–Trinajstić information content (AvgIpc) is 2.79. The van der Waals surface area contributed by atoms with Crippen LogP contribution in [0.5, 0.6) is 0 Å². The molecule has 2 unspecified atom stereocenters. The molecule has 1 aliphatic heterocycles. The molecule has 19 heavy (non-hydrogen) atoms. The van der Waals surface area contributed by atoms with E-state index >= 15 is 0 Å². The van der Waals surface area contributed by atoms with Crippen molar-refractivity contribution >= 4 is 12.0 Å². The number of nitrogens with one attached hydrogen (secondary N) is 1. The Morgan fingerprint density at radius 2 is 2.16 bits per heavy atom. The molecule has 2 aliphatic rings. The number of rotatable bonds is 3. The lowest BCUT2D eigenvalue weighted by atomic mass is 9.94. The number of urea groups is 1. The van der Waals surface area contributed by atoms with E-state index in [2.05, 4.69) is 17.5 Å². The summed E-state index contributed by atoms with van der Waals surface area (Å²) in [5.41, 5.74) is 0. The van der Waals surface area contributed by atoms with Crippen LogP contribution < -0.4 is 5.32 Å². The number of amides is 2. The monoisotopic (exact) mass is 268 g/mol. The number of carbonyl (C=O) groups excluding carboxylic acids is 1. The molecule has 0 saturated carbocycles. The zero-order chi connectivity index (χ0) is 13.8. The Balaban J connectivity index is 1.84. The lowest BCUT2D eigenvalue weighted by Crippen LogP contribution is -2.47. The number of likely N-dealkylation sites (tertiary alicyclic amines) is 1. The summed E-state index contributed by atoms with van der Waals surface area (Å²) in [6.45, 7) is 0.648. The highest BCUT2D eigenvalue weighted by Gasteiger charge is 2.38. The van der Waals surface area contributed by atoms with Gasteiger partial charge in [-0.2, -0.15) is 0 Å². The van der Waals surface area contributed by atoms with Gasteiger partial charge in [0.05, 0.1) is 6.10 Å². The van der Waals surface area contributed by atoms with Gasteiger partial charge in [0.15, 0.2) is 0 Å². The average molecular weight is 268 g/mol. The second-order valence-electron chi connectivity index (χ2n) is 5.23. The Labute approximate surface area is 112 Å². The van der Waals surface area contributed by atoms with Gasteiger partial charge in [0.2, 0.25) is 0 Å². The molecule has 0 spiro atoms. The quantitative estimate of drug-likeness (QED) is 0.653. The third-order valence-electron chi connectivity index (χ3n) is 3.74. The molecule has 6 heteroatoms. The van der Waals surface area contributed by atoms with Crippen LogP contribution in [0.3, 0.4) is 0 Å². The van der Waals surface area contributed by atoms with E-state index in [4.69, 9.17) is 5.11 Å². The number of hydrogen-bond donors (Lipinski definition) is 3. The van der Waals surface area contributed by atoms with Crippen molar-refractivity contribution in [2.45, 2.75) is 37.8 Å². The van der Waals surface area contributed by atoms with Gasteiger partial charge < -0.3 is 20.4 Å². The smallest absolute Gasteiger partial charge is 0.326 e. The van der Waals surface area contributed by atoms with E-state index in [1.54, 1.807) is 0 Å². The summed E-state index contributed by atoms with van der Waals surface area (Å²) in [6, 6.07) is -1.31. The molecule has 1 fully saturated rings. The molecule has 2 amide bonds. The number of hydrogen-bond acceptors (Lipinski definition) is 3. The largest absolute Gasteiger partial charge is 0.480 e. The lowest BCUT2D eigenvalue weighted by molar-refractivity contribution is -0.141. The molecule has 1 aliphatic carbocycles. The predicted octanol–water partition coefficient (Wildman–Crippen LogP) is 0.572. The van der Waals surface area contributed by atoms with E-state index in [1.165, 1.54) is 4.90 Å². The SMILES string of the molecule is O=C(O)[C@@H]1CC(O)CN1C(=O)NCC1CC=CCC1. The van der Waals surface area contributed by atoms with Crippen LogP contribution in [0.1, 0.15) is 25.7 Å². The van der Waals surface area contributed by atoms with E-state index in [0.717, 1.165) is 19.3 Å². The fourth-order valence-corrected chi connectivity index (χ4v) is 2.65. The number of nitrogens with zero attached hydrogens (tertiary/aromatic N) is 1. The van der Waals surface area contributed by atoms with Gasteiger partial charge in [0.25, 0.3) is 0 Å². The molecular weight excluding hydrogens is 248 g/mol. The first-order chi connectivity index (χ1) is 9.08. The fourth-order valence-electron chi connectivity index (χ4n) is 2.65. The van der Waals surface area contributed by atoms with E-state index in [0.29, 0.717) is 12.5 Å². The Bertz CT molecular complexity index is 383. The molecule has 0 bridgehead atoms. The Kier molecular flexibility index (Phi) is 4.42. The summed E-state index contributed by atoms with van der Waals surface area (Å²) in [7, 11) is 0. The van der Waals surface area contributed by atoms with Gasteiger partial charge >= 0.3 is 12.0 Å². The highest BCUT2D eigenvalue weighted by Crippen LogP contribution is 2.19. The van der Waals surface area contributed by atoms with E-state index < -0.39 is 24.1 Å². The Morgan fingerprint density at radius 3 is 2.79 bits per heavy atom. The molecule has 1 saturated heterocycles. The summed E-state index contributed by atoms with van der Waals surface area (Å²) < 4.78 is 0. The molecule has 0 aromatic heterocycles. The van der Waals surface area contributed by atoms with Gasteiger partial charge in [0.1, 0.15) is 6.04 Å². The van der Waals surface area contributed by atoms with Crippen LogP contribution in [0, 0.1) is 5.92 Å². The van der Waals surface area contributed by atoms with Crippen molar-refractivity contribution in [3.63, 3.8) is 0 Å². The number of carbonyl (C=O) groups is 2. The number of aliphatic hydroxyl groups excluding tert-OH is 1. The number of carboxylic acids is 1. The van der Waals surface area contributed by atoms with E-state index in [9.17, 15) is 14.7 Å². The third kappa shape index (κ3) is 3.47. The van der Waals surface area contributed by atoms with Crippen LogP contribution >= 0.6 is 0 Å². The van der Waals surface area contributed by atoms with Gasteiger partial charge in [0, 0.05) is 19.5 Å². The first-order valence-electron chi connectivity index (χ1n) is 6.68. The molecule has 0 aromatic carbocycles. The van der Waals surface area contributed by atoms with Gasteiger partial charge in [-0.05, 0) is 25.2 Å². The lowest BCUT2D eigenvalue weighted by Gasteiger charge is -2.24. The van der Waals surface area contributed by atoms with Crippen molar-refractivity contribution in [1.82, 2.24) is 10.2 Å². The summed E-state index contributed by atoms with van der Waals surface area (Å²) in [4.78, 5) is 24.2. The maximum Gasteiger partial charge on any atom is 0.326 e. The zero-order valence-electron chi connectivity index (χ0n) is 10.8. The predicted molar refractivity (Wildman–Crippen MR) is 68.6 cm³/mol. The fraction of sp³-hybridized carbons (Fsp3) is 0.692.